The Bertz CT molecular complexity index is 756. The topological polar surface area (TPSA) is 54.4 Å². The van der Waals surface area contributed by atoms with Crippen molar-refractivity contribution >= 4 is 21.4 Å². The Balaban J connectivity index is 1.88. The van der Waals surface area contributed by atoms with Crippen LogP contribution in [0.25, 0.3) is 0 Å². The molecule has 1 aliphatic carbocycles. The second-order valence-corrected chi connectivity index (χ2v) is 7.98. The normalized spacial score (nSPS) is 21.2. The molecular formula is C16H15ClO3S. The van der Waals surface area contributed by atoms with Crippen LogP contribution in [0.4, 0.5) is 0 Å². The third kappa shape index (κ3) is 2.84. The predicted molar refractivity (Wildman–Crippen MR) is 83.0 cm³/mol. The van der Waals surface area contributed by atoms with Crippen LogP contribution in [-0.2, 0) is 22.0 Å². The van der Waals surface area contributed by atoms with Crippen molar-refractivity contribution in [2.75, 3.05) is 0 Å². The number of sulfone groups is 1. The number of rotatable bonds is 3. The van der Waals surface area contributed by atoms with E-state index in [-0.39, 0.29) is 5.75 Å². The van der Waals surface area contributed by atoms with Gasteiger partial charge in [-0.1, -0.05) is 48.0 Å². The monoisotopic (exact) mass is 322 g/mol. The minimum Gasteiger partial charge on any atom is -0.387 e. The first-order chi connectivity index (χ1) is 9.97. The first-order valence-corrected chi connectivity index (χ1v) is 8.78. The average Bonchev–Trinajstić information content (AvgIpc) is 2.77. The number of hydrogen-bond donors (Lipinski definition) is 1. The van der Waals surface area contributed by atoms with Gasteiger partial charge in [-0.2, -0.15) is 0 Å². The van der Waals surface area contributed by atoms with Gasteiger partial charge in [0.05, 0.1) is 17.1 Å². The second kappa shape index (κ2) is 5.44. The van der Waals surface area contributed by atoms with Crippen LogP contribution in [0.2, 0.25) is 5.02 Å². The molecule has 0 aliphatic heterocycles. The fraction of sp³-hybridized carbons (Fsp3) is 0.250. The summed E-state index contributed by atoms with van der Waals surface area (Å²) in [5.41, 5.74) is 2.22. The molecule has 0 spiro atoms. The molecule has 2 atom stereocenters. The van der Waals surface area contributed by atoms with Crippen LogP contribution >= 0.6 is 11.6 Å². The Labute approximate surface area is 129 Å². The predicted octanol–water partition coefficient (Wildman–Crippen LogP) is 2.91. The van der Waals surface area contributed by atoms with E-state index in [0.29, 0.717) is 17.0 Å². The minimum atomic E-state index is -3.44. The summed E-state index contributed by atoms with van der Waals surface area (Å²) < 4.78 is 25.1. The number of halogens is 1. The van der Waals surface area contributed by atoms with Gasteiger partial charge in [0.2, 0.25) is 0 Å². The molecule has 3 rings (SSSR count). The highest BCUT2D eigenvalue weighted by Crippen LogP contribution is 2.37. The number of aliphatic hydroxyl groups is 1. The molecule has 0 heterocycles. The smallest absolute Gasteiger partial charge is 0.160 e. The van der Waals surface area contributed by atoms with Crippen molar-refractivity contribution in [3.63, 3.8) is 0 Å². The van der Waals surface area contributed by atoms with Gasteiger partial charge in [0.1, 0.15) is 0 Å². The van der Waals surface area contributed by atoms with E-state index in [1.165, 1.54) is 0 Å². The van der Waals surface area contributed by atoms with Gasteiger partial charge in [0, 0.05) is 5.02 Å². The van der Waals surface area contributed by atoms with Crippen molar-refractivity contribution < 1.29 is 13.5 Å². The summed E-state index contributed by atoms with van der Waals surface area (Å²) in [5, 5.41) is 10.1. The number of benzene rings is 2. The zero-order valence-electron chi connectivity index (χ0n) is 11.2. The lowest BCUT2D eigenvalue weighted by Crippen LogP contribution is -2.27. The van der Waals surface area contributed by atoms with Crippen LogP contribution in [0.3, 0.4) is 0 Å². The number of fused-ring (bicyclic) bond motifs is 1. The lowest BCUT2D eigenvalue weighted by atomic mass is 10.1. The zero-order valence-corrected chi connectivity index (χ0v) is 12.8. The van der Waals surface area contributed by atoms with Crippen molar-refractivity contribution in [3.8, 4) is 0 Å². The van der Waals surface area contributed by atoms with Gasteiger partial charge in [-0.25, -0.2) is 8.42 Å². The van der Waals surface area contributed by atoms with E-state index in [1.54, 1.807) is 30.3 Å². The molecule has 0 saturated heterocycles. The summed E-state index contributed by atoms with van der Waals surface area (Å²) >= 11 is 5.93. The molecule has 3 nitrogen and oxygen atoms in total. The third-order valence-corrected chi connectivity index (χ3v) is 6.19. The minimum absolute atomic E-state index is 0.0582. The Morgan fingerprint density at radius 2 is 1.86 bits per heavy atom. The first kappa shape index (κ1) is 14.6. The molecule has 5 heteroatoms. The zero-order chi connectivity index (χ0) is 15.0. The molecule has 2 unspecified atom stereocenters. The largest absolute Gasteiger partial charge is 0.387 e. The van der Waals surface area contributed by atoms with E-state index in [2.05, 4.69) is 0 Å². The molecule has 0 radical (unpaired) electrons. The highest BCUT2D eigenvalue weighted by atomic mass is 35.5. The molecule has 1 N–H and O–H groups in total. The standard InChI is InChI=1S/C16H15ClO3S/c17-13-6-7-14-12(8-13)9-15(16(14)18)21(19,20)10-11-4-2-1-3-5-11/h1-8,15-16,18H,9-10H2. The van der Waals surface area contributed by atoms with Gasteiger partial charge < -0.3 is 5.11 Å². The first-order valence-electron chi connectivity index (χ1n) is 6.69. The van der Waals surface area contributed by atoms with Gasteiger partial charge in [0.25, 0.3) is 0 Å². The summed E-state index contributed by atoms with van der Waals surface area (Å²) in [6.45, 7) is 0. The maximum atomic E-state index is 12.6. The van der Waals surface area contributed by atoms with Crippen LogP contribution in [0, 0.1) is 0 Å². The van der Waals surface area contributed by atoms with Crippen molar-refractivity contribution in [2.24, 2.45) is 0 Å². The van der Waals surface area contributed by atoms with Crippen molar-refractivity contribution in [1.29, 1.82) is 0 Å². The lowest BCUT2D eigenvalue weighted by molar-refractivity contribution is 0.182. The molecule has 2 aromatic carbocycles. The van der Waals surface area contributed by atoms with Crippen LogP contribution in [-0.4, -0.2) is 18.8 Å². The highest BCUT2D eigenvalue weighted by Gasteiger charge is 2.39. The summed E-state index contributed by atoms with van der Waals surface area (Å²) in [4.78, 5) is 0. The maximum Gasteiger partial charge on any atom is 0.160 e. The average molecular weight is 323 g/mol. The van der Waals surface area contributed by atoms with Crippen LogP contribution in [0.1, 0.15) is 22.8 Å². The molecule has 21 heavy (non-hydrogen) atoms. The molecule has 1 aliphatic rings. The van der Waals surface area contributed by atoms with E-state index >= 15 is 0 Å². The van der Waals surface area contributed by atoms with E-state index in [4.69, 9.17) is 11.6 Å². The fourth-order valence-electron chi connectivity index (χ4n) is 2.81. The second-order valence-electron chi connectivity index (χ2n) is 5.32. The molecule has 0 fully saturated rings. The molecule has 0 aromatic heterocycles. The molecule has 0 amide bonds. The molecule has 110 valence electrons. The Morgan fingerprint density at radius 1 is 1.14 bits per heavy atom. The quantitative estimate of drug-likeness (QED) is 0.945. The van der Waals surface area contributed by atoms with Crippen molar-refractivity contribution in [2.45, 2.75) is 23.5 Å². The van der Waals surface area contributed by atoms with E-state index in [9.17, 15) is 13.5 Å². The van der Waals surface area contributed by atoms with Crippen LogP contribution in [0.15, 0.2) is 48.5 Å². The van der Waals surface area contributed by atoms with E-state index in [1.807, 2.05) is 18.2 Å². The van der Waals surface area contributed by atoms with Gasteiger partial charge in [-0.05, 0) is 35.2 Å². The highest BCUT2D eigenvalue weighted by molar-refractivity contribution is 7.91. The Kier molecular flexibility index (Phi) is 3.78. The van der Waals surface area contributed by atoms with Crippen LogP contribution in [0.5, 0.6) is 0 Å². The van der Waals surface area contributed by atoms with Gasteiger partial charge in [-0.15, -0.1) is 0 Å². The Morgan fingerprint density at radius 3 is 2.57 bits per heavy atom. The van der Waals surface area contributed by atoms with Crippen LogP contribution < -0.4 is 0 Å². The molecule has 0 bridgehead atoms. The van der Waals surface area contributed by atoms with Gasteiger partial charge in [-0.3, -0.25) is 0 Å². The van der Waals surface area contributed by atoms with Gasteiger partial charge >= 0.3 is 0 Å². The van der Waals surface area contributed by atoms with Crippen molar-refractivity contribution in [1.82, 2.24) is 0 Å². The summed E-state index contributed by atoms with van der Waals surface area (Å²) in [6, 6.07) is 14.1. The fourth-order valence-corrected chi connectivity index (χ4v) is 4.84. The lowest BCUT2D eigenvalue weighted by Gasteiger charge is -2.16. The third-order valence-electron chi connectivity index (χ3n) is 3.87. The molecule has 2 aromatic rings. The number of aliphatic hydroxyl groups excluding tert-OH is 1. The van der Waals surface area contributed by atoms with E-state index < -0.39 is 21.2 Å². The molecule has 0 saturated carbocycles. The van der Waals surface area contributed by atoms with Crippen molar-refractivity contribution in [3.05, 3.63) is 70.2 Å². The summed E-state index contributed by atoms with van der Waals surface area (Å²) in [7, 11) is -3.44. The molecular weight excluding hydrogens is 308 g/mol. The Hall–Kier alpha value is -1.36. The number of hydrogen-bond acceptors (Lipinski definition) is 3. The summed E-state index contributed by atoms with van der Waals surface area (Å²) in [5.74, 6) is -0.0582. The summed E-state index contributed by atoms with van der Waals surface area (Å²) in [6.07, 6.45) is -0.669. The van der Waals surface area contributed by atoms with E-state index in [0.717, 1.165) is 11.1 Å². The van der Waals surface area contributed by atoms with Gasteiger partial charge in [0.15, 0.2) is 9.84 Å². The maximum absolute atomic E-state index is 12.6. The SMILES string of the molecule is O=S(=O)(Cc1ccccc1)C1Cc2cc(Cl)ccc2C1O.